The number of piperidine rings is 1. The van der Waals surface area contributed by atoms with E-state index in [9.17, 15) is 9.90 Å². The number of carbonyl (C=O) groups is 1. The van der Waals surface area contributed by atoms with Gasteiger partial charge in [0.1, 0.15) is 5.76 Å². The number of rotatable bonds is 3. The zero-order valence-corrected chi connectivity index (χ0v) is 11.1. The molecule has 4 nitrogen and oxygen atoms in total. The van der Waals surface area contributed by atoms with Crippen molar-refractivity contribution >= 4 is 5.91 Å². The average molecular weight is 251 g/mol. The van der Waals surface area contributed by atoms with Crippen molar-refractivity contribution < 1.29 is 14.3 Å². The first-order valence-electron chi connectivity index (χ1n) is 6.63. The Kier molecular flexibility index (Phi) is 4.07. The van der Waals surface area contributed by atoms with Crippen molar-refractivity contribution in [3.05, 3.63) is 23.7 Å². The van der Waals surface area contributed by atoms with Crippen LogP contribution in [0.5, 0.6) is 0 Å². The van der Waals surface area contributed by atoms with Crippen molar-refractivity contribution in [1.82, 2.24) is 4.90 Å². The van der Waals surface area contributed by atoms with E-state index in [0.29, 0.717) is 12.2 Å². The molecule has 2 atom stereocenters. The number of furan rings is 1. The van der Waals surface area contributed by atoms with Gasteiger partial charge in [0.25, 0.3) is 5.91 Å². The Morgan fingerprint density at radius 2 is 2.33 bits per heavy atom. The molecule has 2 unspecified atom stereocenters. The van der Waals surface area contributed by atoms with Crippen LogP contribution in [-0.4, -0.2) is 34.6 Å². The van der Waals surface area contributed by atoms with Gasteiger partial charge in [-0.05, 0) is 51.7 Å². The van der Waals surface area contributed by atoms with Crippen LogP contribution in [0.15, 0.2) is 16.5 Å². The normalized spacial score (nSPS) is 21.9. The van der Waals surface area contributed by atoms with Gasteiger partial charge in [-0.1, -0.05) is 0 Å². The Bertz CT molecular complexity index is 411. The molecule has 2 heterocycles. The van der Waals surface area contributed by atoms with Gasteiger partial charge in [0.15, 0.2) is 5.76 Å². The minimum Gasteiger partial charge on any atom is -0.456 e. The Labute approximate surface area is 108 Å². The summed E-state index contributed by atoms with van der Waals surface area (Å²) in [7, 11) is 0. The van der Waals surface area contributed by atoms with Gasteiger partial charge in [-0.15, -0.1) is 0 Å². The van der Waals surface area contributed by atoms with E-state index in [4.69, 9.17) is 4.42 Å². The molecule has 0 aliphatic carbocycles. The lowest BCUT2D eigenvalue weighted by molar-refractivity contribution is 0.0484. The van der Waals surface area contributed by atoms with Crippen molar-refractivity contribution in [3.63, 3.8) is 0 Å². The topological polar surface area (TPSA) is 53.7 Å². The van der Waals surface area contributed by atoms with Crippen LogP contribution >= 0.6 is 0 Å². The standard InChI is InChI=1S/C14H21NO3/c1-10(16)9-12-5-3-4-8-15(12)14(17)13-7-6-11(2)18-13/h6-7,10,12,16H,3-5,8-9H2,1-2H3. The first-order chi connectivity index (χ1) is 8.58. The average Bonchev–Trinajstić information content (AvgIpc) is 2.75. The summed E-state index contributed by atoms with van der Waals surface area (Å²) in [4.78, 5) is 14.2. The highest BCUT2D eigenvalue weighted by atomic mass is 16.3. The smallest absolute Gasteiger partial charge is 0.289 e. The summed E-state index contributed by atoms with van der Waals surface area (Å²) in [6, 6.07) is 3.67. The van der Waals surface area contributed by atoms with Gasteiger partial charge in [0.2, 0.25) is 0 Å². The quantitative estimate of drug-likeness (QED) is 0.897. The number of likely N-dealkylation sites (tertiary alicyclic amines) is 1. The summed E-state index contributed by atoms with van der Waals surface area (Å²) in [5, 5.41) is 9.52. The lowest BCUT2D eigenvalue weighted by Gasteiger charge is -2.36. The van der Waals surface area contributed by atoms with E-state index in [0.717, 1.165) is 31.6 Å². The third-order valence-corrected chi connectivity index (χ3v) is 3.45. The van der Waals surface area contributed by atoms with Crippen LogP contribution in [0.1, 0.15) is 48.9 Å². The molecule has 1 saturated heterocycles. The van der Waals surface area contributed by atoms with Gasteiger partial charge in [-0.2, -0.15) is 0 Å². The van der Waals surface area contributed by atoms with E-state index in [-0.39, 0.29) is 18.1 Å². The maximum Gasteiger partial charge on any atom is 0.289 e. The van der Waals surface area contributed by atoms with Crippen molar-refractivity contribution in [3.8, 4) is 0 Å². The van der Waals surface area contributed by atoms with Crippen molar-refractivity contribution in [2.45, 2.75) is 51.7 Å². The number of amides is 1. The molecule has 0 aromatic carbocycles. The van der Waals surface area contributed by atoms with Crippen LogP contribution in [0, 0.1) is 6.92 Å². The highest BCUT2D eigenvalue weighted by Gasteiger charge is 2.29. The minimum atomic E-state index is -0.373. The molecule has 1 aliphatic heterocycles. The monoisotopic (exact) mass is 251 g/mol. The van der Waals surface area contributed by atoms with Crippen LogP contribution in [0.2, 0.25) is 0 Å². The number of aliphatic hydroxyl groups is 1. The minimum absolute atomic E-state index is 0.0477. The Hall–Kier alpha value is -1.29. The van der Waals surface area contributed by atoms with Crippen LogP contribution in [0.25, 0.3) is 0 Å². The summed E-state index contributed by atoms with van der Waals surface area (Å²) in [6.07, 6.45) is 3.39. The van der Waals surface area contributed by atoms with Crippen LogP contribution < -0.4 is 0 Å². The summed E-state index contributed by atoms with van der Waals surface area (Å²) in [5.41, 5.74) is 0. The molecule has 4 heteroatoms. The summed E-state index contributed by atoms with van der Waals surface area (Å²) in [6.45, 7) is 4.37. The molecule has 1 aromatic heterocycles. The number of hydrogen-bond donors (Lipinski definition) is 1. The Morgan fingerprint density at radius 1 is 1.56 bits per heavy atom. The third-order valence-electron chi connectivity index (χ3n) is 3.45. The van der Waals surface area contributed by atoms with Crippen molar-refractivity contribution in [2.24, 2.45) is 0 Å². The van der Waals surface area contributed by atoms with E-state index in [2.05, 4.69) is 0 Å². The molecule has 1 aliphatic rings. The van der Waals surface area contributed by atoms with Gasteiger partial charge < -0.3 is 14.4 Å². The number of aliphatic hydroxyl groups excluding tert-OH is 1. The van der Waals surface area contributed by atoms with E-state index in [1.165, 1.54) is 0 Å². The van der Waals surface area contributed by atoms with Gasteiger partial charge in [-0.3, -0.25) is 4.79 Å². The van der Waals surface area contributed by atoms with Crippen molar-refractivity contribution in [1.29, 1.82) is 0 Å². The fraction of sp³-hybridized carbons (Fsp3) is 0.643. The van der Waals surface area contributed by atoms with E-state index in [1.54, 1.807) is 19.1 Å². The molecular formula is C14H21NO3. The molecule has 1 amide bonds. The second kappa shape index (κ2) is 5.57. The summed E-state index contributed by atoms with van der Waals surface area (Å²) < 4.78 is 5.40. The molecule has 100 valence electrons. The predicted octanol–water partition coefficient (Wildman–Crippen LogP) is 2.35. The fourth-order valence-corrected chi connectivity index (χ4v) is 2.60. The second-order valence-electron chi connectivity index (χ2n) is 5.14. The predicted molar refractivity (Wildman–Crippen MR) is 68.4 cm³/mol. The van der Waals surface area contributed by atoms with E-state index >= 15 is 0 Å². The molecule has 1 N–H and O–H groups in total. The number of nitrogens with zero attached hydrogens (tertiary/aromatic N) is 1. The highest BCUT2D eigenvalue weighted by Crippen LogP contribution is 2.23. The maximum absolute atomic E-state index is 12.4. The molecular weight excluding hydrogens is 230 g/mol. The Balaban J connectivity index is 2.10. The molecule has 0 radical (unpaired) electrons. The first kappa shape index (κ1) is 13.1. The van der Waals surface area contributed by atoms with Gasteiger partial charge in [0.05, 0.1) is 6.10 Å². The molecule has 1 aromatic rings. The number of aryl methyl sites for hydroxylation is 1. The van der Waals surface area contributed by atoms with Crippen LogP contribution in [0.4, 0.5) is 0 Å². The first-order valence-corrected chi connectivity index (χ1v) is 6.63. The fourth-order valence-electron chi connectivity index (χ4n) is 2.60. The lowest BCUT2D eigenvalue weighted by atomic mass is 9.97. The third kappa shape index (κ3) is 2.93. The highest BCUT2D eigenvalue weighted by molar-refractivity contribution is 5.91. The zero-order chi connectivity index (χ0) is 13.1. The summed E-state index contributed by atoms with van der Waals surface area (Å²) >= 11 is 0. The Morgan fingerprint density at radius 3 is 2.94 bits per heavy atom. The molecule has 0 bridgehead atoms. The van der Waals surface area contributed by atoms with Crippen molar-refractivity contribution in [2.75, 3.05) is 6.54 Å². The van der Waals surface area contributed by atoms with Gasteiger partial charge in [0, 0.05) is 12.6 Å². The van der Waals surface area contributed by atoms with Gasteiger partial charge in [-0.25, -0.2) is 0 Å². The zero-order valence-electron chi connectivity index (χ0n) is 11.1. The van der Waals surface area contributed by atoms with Gasteiger partial charge >= 0.3 is 0 Å². The van der Waals surface area contributed by atoms with Crippen LogP contribution in [0.3, 0.4) is 0 Å². The number of hydrogen-bond acceptors (Lipinski definition) is 3. The maximum atomic E-state index is 12.4. The summed E-state index contributed by atoms with van der Waals surface area (Å²) in [5.74, 6) is 1.11. The SMILES string of the molecule is Cc1ccc(C(=O)N2CCCCC2CC(C)O)o1. The number of carbonyl (C=O) groups excluding carboxylic acids is 1. The molecule has 1 fully saturated rings. The second-order valence-corrected chi connectivity index (χ2v) is 5.14. The lowest BCUT2D eigenvalue weighted by Crippen LogP contribution is -2.44. The van der Waals surface area contributed by atoms with Crippen LogP contribution in [-0.2, 0) is 0 Å². The molecule has 0 saturated carbocycles. The largest absolute Gasteiger partial charge is 0.456 e. The molecule has 2 rings (SSSR count). The molecule has 0 spiro atoms. The molecule has 18 heavy (non-hydrogen) atoms. The van der Waals surface area contributed by atoms with E-state index in [1.807, 2.05) is 11.8 Å². The van der Waals surface area contributed by atoms with E-state index < -0.39 is 0 Å².